The lowest BCUT2D eigenvalue weighted by atomic mass is 10.2. The number of hydrogen-bond acceptors (Lipinski definition) is 4. The Labute approximate surface area is 78.7 Å². The van der Waals surface area contributed by atoms with Crippen LogP contribution in [0.3, 0.4) is 0 Å². The highest BCUT2D eigenvalue weighted by molar-refractivity contribution is 5.59. The largest absolute Gasteiger partial charge is 0.463 e. The van der Waals surface area contributed by atoms with Crippen molar-refractivity contribution in [3.63, 3.8) is 0 Å². The molecule has 0 unspecified atom stereocenters. The van der Waals surface area contributed by atoms with E-state index in [0.717, 1.165) is 18.4 Å². The molecule has 0 bridgehead atoms. The maximum atomic E-state index is 13.0. The molecule has 1 rings (SSSR count). The molecule has 0 fully saturated rings. The maximum Gasteiger partial charge on any atom is 0.307 e. The summed E-state index contributed by atoms with van der Waals surface area (Å²) in [6.07, 6.45) is 1.05. The van der Waals surface area contributed by atoms with E-state index in [4.69, 9.17) is 10.5 Å². The predicted octanol–water partition coefficient (Wildman–Crippen LogP) is 1.84. The average molecular weight is 198 g/mol. The number of nitrogens with two attached hydrogens (primary N) is 1. The molecule has 0 atom stereocenters. The average Bonchev–Trinajstić information content (AvgIpc) is 2.10. The third-order valence-electron chi connectivity index (χ3n) is 1.49. The van der Waals surface area contributed by atoms with Gasteiger partial charge in [0.2, 0.25) is 5.82 Å². The zero-order valence-corrected chi connectivity index (χ0v) is 7.07. The Morgan fingerprint density at radius 3 is 2.79 bits per heavy atom. The van der Waals surface area contributed by atoms with Crippen LogP contribution in [0.4, 0.5) is 15.8 Å². The molecule has 0 aromatic heterocycles. The van der Waals surface area contributed by atoms with Gasteiger partial charge in [0.05, 0.1) is 16.9 Å². The Balaban J connectivity index is 3.23. The van der Waals surface area contributed by atoms with Gasteiger partial charge in [-0.1, -0.05) is 6.58 Å². The molecule has 5 nitrogen and oxygen atoms in total. The van der Waals surface area contributed by atoms with Gasteiger partial charge in [-0.05, 0) is 0 Å². The van der Waals surface area contributed by atoms with Crippen LogP contribution >= 0.6 is 0 Å². The lowest BCUT2D eigenvalue weighted by molar-refractivity contribution is -0.387. The van der Waals surface area contributed by atoms with Gasteiger partial charge in [0, 0.05) is 12.1 Å². The maximum absolute atomic E-state index is 13.0. The van der Waals surface area contributed by atoms with Crippen molar-refractivity contribution in [1.82, 2.24) is 0 Å². The van der Waals surface area contributed by atoms with Crippen LogP contribution in [0.5, 0.6) is 5.75 Å². The molecule has 0 amide bonds. The van der Waals surface area contributed by atoms with Gasteiger partial charge < -0.3 is 10.5 Å². The molecule has 0 aliphatic carbocycles. The standard InChI is InChI=1S/C8H7FN2O3/c1-2-14-8-3-5(9)7(11(12)13)4-6(8)10/h2-4H,1,10H2. The van der Waals surface area contributed by atoms with Gasteiger partial charge in [0.1, 0.15) is 0 Å². The Hall–Kier alpha value is -2.11. The fourth-order valence-electron chi connectivity index (χ4n) is 0.891. The monoisotopic (exact) mass is 198 g/mol. The molecule has 0 aliphatic rings. The molecule has 0 heterocycles. The Morgan fingerprint density at radius 1 is 1.64 bits per heavy atom. The highest BCUT2D eigenvalue weighted by atomic mass is 19.1. The summed E-state index contributed by atoms with van der Waals surface area (Å²) in [5.41, 5.74) is 4.67. The van der Waals surface area contributed by atoms with Crippen molar-refractivity contribution in [2.45, 2.75) is 0 Å². The van der Waals surface area contributed by atoms with Crippen molar-refractivity contribution >= 4 is 11.4 Å². The number of nitro groups is 1. The second kappa shape index (κ2) is 3.73. The van der Waals surface area contributed by atoms with Crippen LogP contribution in [0, 0.1) is 15.9 Å². The quantitative estimate of drug-likeness (QED) is 0.348. The molecule has 0 spiro atoms. The van der Waals surface area contributed by atoms with Gasteiger partial charge in [-0.15, -0.1) is 0 Å². The number of nitrogens with zero attached hydrogens (tertiary/aromatic N) is 1. The van der Waals surface area contributed by atoms with E-state index in [1.807, 2.05) is 0 Å². The number of ether oxygens (including phenoxy) is 1. The van der Waals surface area contributed by atoms with Gasteiger partial charge in [0.15, 0.2) is 5.75 Å². The molecule has 0 radical (unpaired) electrons. The van der Waals surface area contributed by atoms with Crippen molar-refractivity contribution in [2.24, 2.45) is 0 Å². The Kier molecular flexibility index (Phi) is 2.66. The summed E-state index contributed by atoms with van der Waals surface area (Å²) in [6, 6.07) is 1.74. The molecule has 0 saturated heterocycles. The minimum atomic E-state index is -0.999. The van der Waals surface area contributed by atoms with E-state index in [0.29, 0.717) is 0 Å². The first-order chi connectivity index (χ1) is 6.56. The van der Waals surface area contributed by atoms with Crippen molar-refractivity contribution < 1.29 is 14.1 Å². The second-order valence-corrected chi connectivity index (χ2v) is 2.38. The molecule has 14 heavy (non-hydrogen) atoms. The summed E-state index contributed by atoms with van der Waals surface area (Å²) in [5.74, 6) is -0.996. The summed E-state index contributed by atoms with van der Waals surface area (Å²) in [7, 11) is 0. The predicted molar refractivity (Wildman–Crippen MR) is 48.3 cm³/mol. The van der Waals surface area contributed by atoms with E-state index < -0.39 is 16.4 Å². The summed E-state index contributed by atoms with van der Waals surface area (Å²) in [6.45, 7) is 3.25. The summed E-state index contributed by atoms with van der Waals surface area (Å²) in [5, 5.41) is 10.3. The van der Waals surface area contributed by atoms with E-state index in [9.17, 15) is 14.5 Å². The third kappa shape index (κ3) is 1.79. The molecule has 6 heteroatoms. The fraction of sp³-hybridized carbons (Fsp3) is 0. The van der Waals surface area contributed by atoms with Crippen LogP contribution in [0.1, 0.15) is 0 Å². The SMILES string of the molecule is C=COc1cc(F)c([N+](=O)[O-])cc1N. The van der Waals surface area contributed by atoms with Crippen molar-refractivity contribution in [2.75, 3.05) is 5.73 Å². The topological polar surface area (TPSA) is 78.4 Å². The van der Waals surface area contributed by atoms with Gasteiger partial charge in [-0.25, -0.2) is 0 Å². The zero-order valence-electron chi connectivity index (χ0n) is 7.07. The van der Waals surface area contributed by atoms with Gasteiger partial charge in [-0.3, -0.25) is 10.1 Å². The van der Waals surface area contributed by atoms with Crippen LogP contribution in [0.25, 0.3) is 0 Å². The van der Waals surface area contributed by atoms with Gasteiger partial charge in [-0.2, -0.15) is 4.39 Å². The molecule has 0 aliphatic heterocycles. The number of nitro benzene ring substituents is 1. The Morgan fingerprint density at radius 2 is 2.29 bits per heavy atom. The van der Waals surface area contributed by atoms with E-state index in [2.05, 4.69) is 6.58 Å². The number of benzene rings is 1. The first-order valence-corrected chi connectivity index (χ1v) is 3.57. The zero-order chi connectivity index (χ0) is 10.7. The van der Waals surface area contributed by atoms with Crippen LogP contribution in [-0.2, 0) is 0 Å². The molecule has 1 aromatic rings. The second-order valence-electron chi connectivity index (χ2n) is 2.38. The molecule has 0 saturated carbocycles. The minimum Gasteiger partial charge on any atom is -0.463 e. The van der Waals surface area contributed by atoms with Crippen molar-refractivity contribution in [3.8, 4) is 5.75 Å². The summed E-state index contributed by atoms with van der Waals surface area (Å²) >= 11 is 0. The summed E-state index contributed by atoms with van der Waals surface area (Å²) in [4.78, 5) is 9.43. The molecule has 2 N–H and O–H groups in total. The van der Waals surface area contributed by atoms with Crippen molar-refractivity contribution in [1.29, 1.82) is 0 Å². The first kappa shape index (κ1) is 9.97. The van der Waals surface area contributed by atoms with Gasteiger partial charge >= 0.3 is 5.69 Å². The van der Waals surface area contributed by atoms with Crippen LogP contribution in [-0.4, -0.2) is 4.92 Å². The molecule has 1 aromatic carbocycles. The molecular formula is C8H7FN2O3. The number of anilines is 1. The third-order valence-corrected chi connectivity index (χ3v) is 1.49. The first-order valence-electron chi connectivity index (χ1n) is 3.57. The fourth-order valence-corrected chi connectivity index (χ4v) is 0.891. The molecule has 74 valence electrons. The van der Waals surface area contributed by atoms with E-state index in [-0.39, 0.29) is 11.4 Å². The Bertz CT molecular complexity index is 392. The smallest absolute Gasteiger partial charge is 0.307 e. The number of rotatable bonds is 3. The van der Waals surface area contributed by atoms with E-state index in [1.165, 1.54) is 0 Å². The minimum absolute atomic E-state index is 0.00287. The van der Waals surface area contributed by atoms with Crippen LogP contribution in [0.15, 0.2) is 25.0 Å². The highest BCUT2D eigenvalue weighted by Crippen LogP contribution is 2.29. The number of halogens is 1. The van der Waals surface area contributed by atoms with Crippen molar-refractivity contribution in [3.05, 3.63) is 40.9 Å². The lowest BCUT2D eigenvalue weighted by Crippen LogP contribution is -1.97. The van der Waals surface area contributed by atoms with Crippen LogP contribution < -0.4 is 10.5 Å². The van der Waals surface area contributed by atoms with E-state index in [1.54, 1.807) is 0 Å². The number of nitrogen functional groups attached to an aromatic ring is 1. The molecular weight excluding hydrogens is 191 g/mol. The normalized spacial score (nSPS) is 9.50. The lowest BCUT2D eigenvalue weighted by Gasteiger charge is -2.03. The van der Waals surface area contributed by atoms with E-state index >= 15 is 0 Å². The van der Waals surface area contributed by atoms with Gasteiger partial charge in [0.25, 0.3) is 0 Å². The van der Waals surface area contributed by atoms with Crippen LogP contribution in [0.2, 0.25) is 0 Å². The number of hydrogen-bond donors (Lipinski definition) is 1. The highest BCUT2D eigenvalue weighted by Gasteiger charge is 2.17. The summed E-state index contributed by atoms with van der Waals surface area (Å²) < 4.78 is 17.7.